The Morgan fingerprint density at radius 3 is 2.33 bits per heavy atom. The average molecular weight is 270 g/mol. The summed E-state index contributed by atoms with van der Waals surface area (Å²) in [6.07, 6.45) is 1.06. The first kappa shape index (κ1) is 15.3. The van der Waals surface area contributed by atoms with Crippen LogP contribution in [0.5, 0.6) is 5.75 Å². The molecule has 0 saturated carbocycles. The molecular weight excluding hydrogens is 246 g/mol. The fourth-order valence-electron chi connectivity index (χ4n) is 2.42. The Kier molecular flexibility index (Phi) is 4.68. The first-order chi connectivity index (χ1) is 8.09. The van der Waals surface area contributed by atoms with Gasteiger partial charge in [0.05, 0.1) is 0 Å². The van der Waals surface area contributed by atoms with Crippen LogP contribution in [0.25, 0.3) is 0 Å². The molecule has 0 aliphatic carbocycles. The van der Waals surface area contributed by atoms with Crippen LogP contribution >= 0.6 is 11.6 Å². The zero-order chi connectivity index (χ0) is 14.0. The highest BCUT2D eigenvalue weighted by molar-refractivity contribution is 6.30. The van der Waals surface area contributed by atoms with Gasteiger partial charge in [0.25, 0.3) is 0 Å². The van der Waals surface area contributed by atoms with E-state index in [2.05, 4.69) is 39.9 Å². The van der Waals surface area contributed by atoms with Gasteiger partial charge in [-0.15, -0.1) is 0 Å². The molecule has 0 aromatic heterocycles. The minimum Gasteiger partial charge on any atom is -0.508 e. The Labute approximate surface area is 115 Å². The van der Waals surface area contributed by atoms with Gasteiger partial charge in [0.15, 0.2) is 0 Å². The van der Waals surface area contributed by atoms with Crippen LogP contribution in [0, 0.1) is 5.41 Å². The van der Waals surface area contributed by atoms with Crippen LogP contribution in [0.2, 0.25) is 5.02 Å². The lowest BCUT2D eigenvalue weighted by Gasteiger charge is -2.33. The Bertz CT molecular complexity index is 407. The average Bonchev–Trinajstić information content (AvgIpc) is 2.16. The van der Waals surface area contributed by atoms with Gasteiger partial charge in [0.2, 0.25) is 0 Å². The van der Waals surface area contributed by atoms with Crippen molar-refractivity contribution in [1.82, 2.24) is 5.32 Å². The summed E-state index contributed by atoms with van der Waals surface area (Å²) in [7, 11) is 0. The molecule has 0 heterocycles. The van der Waals surface area contributed by atoms with Gasteiger partial charge in [-0.1, -0.05) is 32.4 Å². The summed E-state index contributed by atoms with van der Waals surface area (Å²) < 4.78 is 0. The van der Waals surface area contributed by atoms with E-state index in [1.165, 1.54) is 0 Å². The van der Waals surface area contributed by atoms with Crippen molar-refractivity contribution in [2.75, 3.05) is 0 Å². The molecule has 0 atom stereocenters. The molecule has 0 spiro atoms. The molecule has 102 valence electrons. The summed E-state index contributed by atoms with van der Waals surface area (Å²) in [5.74, 6) is 0.290. The van der Waals surface area contributed by atoms with Crippen molar-refractivity contribution in [2.45, 2.75) is 53.1 Å². The van der Waals surface area contributed by atoms with E-state index in [1.807, 2.05) is 0 Å². The molecule has 1 aromatic carbocycles. The second-order valence-electron chi connectivity index (χ2n) is 6.75. The van der Waals surface area contributed by atoms with Crippen molar-refractivity contribution in [3.8, 4) is 5.75 Å². The molecule has 0 radical (unpaired) electrons. The summed E-state index contributed by atoms with van der Waals surface area (Å²) in [6, 6.07) is 5.13. The molecule has 0 aliphatic rings. The molecule has 0 aliphatic heterocycles. The normalized spacial score (nSPS) is 12.8. The lowest BCUT2D eigenvalue weighted by atomic mass is 9.82. The third-order valence-corrected chi connectivity index (χ3v) is 3.01. The standard InChI is InChI=1S/C15H24ClNO/c1-14(2,3)10-15(4,5)17-9-11-8-12(16)6-7-13(11)18/h6-8,17-18H,9-10H2,1-5H3. The maximum Gasteiger partial charge on any atom is 0.120 e. The van der Waals surface area contributed by atoms with Crippen molar-refractivity contribution < 1.29 is 5.11 Å². The van der Waals surface area contributed by atoms with Gasteiger partial charge in [0, 0.05) is 22.7 Å². The second-order valence-corrected chi connectivity index (χ2v) is 7.18. The van der Waals surface area contributed by atoms with E-state index >= 15 is 0 Å². The van der Waals surface area contributed by atoms with Crippen LogP contribution in [-0.4, -0.2) is 10.6 Å². The lowest BCUT2D eigenvalue weighted by Crippen LogP contribution is -2.41. The lowest BCUT2D eigenvalue weighted by molar-refractivity contribution is 0.240. The van der Waals surface area contributed by atoms with Crippen LogP contribution < -0.4 is 5.32 Å². The summed E-state index contributed by atoms with van der Waals surface area (Å²) in [6.45, 7) is 11.7. The third kappa shape index (κ3) is 5.28. The van der Waals surface area contributed by atoms with E-state index in [0.29, 0.717) is 17.3 Å². The van der Waals surface area contributed by atoms with Crippen LogP contribution in [0.4, 0.5) is 0 Å². The fraction of sp³-hybridized carbons (Fsp3) is 0.600. The SMILES string of the molecule is CC(C)(C)CC(C)(C)NCc1cc(Cl)ccc1O. The first-order valence-electron chi connectivity index (χ1n) is 6.31. The van der Waals surface area contributed by atoms with Crippen molar-refractivity contribution in [1.29, 1.82) is 0 Å². The molecule has 0 saturated heterocycles. The summed E-state index contributed by atoms with van der Waals surface area (Å²) in [5, 5.41) is 13.9. The zero-order valence-corrected chi connectivity index (χ0v) is 12.7. The van der Waals surface area contributed by atoms with Crippen LogP contribution in [0.15, 0.2) is 18.2 Å². The van der Waals surface area contributed by atoms with Gasteiger partial charge < -0.3 is 10.4 Å². The number of hydrogen-bond acceptors (Lipinski definition) is 2. The predicted molar refractivity (Wildman–Crippen MR) is 78.1 cm³/mol. The molecule has 0 amide bonds. The van der Waals surface area contributed by atoms with E-state index in [1.54, 1.807) is 18.2 Å². The van der Waals surface area contributed by atoms with Crippen molar-refractivity contribution >= 4 is 11.6 Å². The predicted octanol–water partition coefficient (Wildman–Crippen LogP) is 4.35. The van der Waals surface area contributed by atoms with Gasteiger partial charge in [-0.25, -0.2) is 0 Å². The Hall–Kier alpha value is -0.730. The zero-order valence-electron chi connectivity index (χ0n) is 12.0. The summed E-state index contributed by atoms with van der Waals surface area (Å²) in [4.78, 5) is 0. The minimum atomic E-state index is 0.0208. The number of phenolic OH excluding ortho intramolecular Hbond substituents is 1. The highest BCUT2D eigenvalue weighted by atomic mass is 35.5. The van der Waals surface area contributed by atoms with Gasteiger partial charge in [0.1, 0.15) is 5.75 Å². The van der Waals surface area contributed by atoms with E-state index in [-0.39, 0.29) is 11.0 Å². The fourth-order valence-corrected chi connectivity index (χ4v) is 2.61. The highest BCUT2D eigenvalue weighted by Gasteiger charge is 2.24. The highest BCUT2D eigenvalue weighted by Crippen LogP contribution is 2.28. The first-order valence-corrected chi connectivity index (χ1v) is 6.69. The Morgan fingerprint density at radius 2 is 1.78 bits per heavy atom. The summed E-state index contributed by atoms with van der Waals surface area (Å²) in [5.41, 5.74) is 1.13. The quantitative estimate of drug-likeness (QED) is 0.852. The third-order valence-electron chi connectivity index (χ3n) is 2.77. The number of rotatable bonds is 4. The molecule has 2 nitrogen and oxygen atoms in total. The smallest absolute Gasteiger partial charge is 0.120 e. The number of nitrogens with one attached hydrogen (secondary N) is 1. The van der Waals surface area contributed by atoms with Crippen LogP contribution in [0.3, 0.4) is 0 Å². The van der Waals surface area contributed by atoms with Crippen LogP contribution in [0.1, 0.15) is 46.6 Å². The molecule has 3 heteroatoms. The second kappa shape index (κ2) is 5.50. The Balaban J connectivity index is 2.67. The van der Waals surface area contributed by atoms with E-state index in [9.17, 15) is 5.11 Å². The number of halogens is 1. The number of benzene rings is 1. The molecule has 1 aromatic rings. The minimum absolute atomic E-state index is 0.0208. The van der Waals surface area contributed by atoms with Crippen LogP contribution in [-0.2, 0) is 6.54 Å². The number of phenols is 1. The number of aromatic hydroxyl groups is 1. The molecule has 0 fully saturated rings. The van der Waals surface area contributed by atoms with Crippen molar-refractivity contribution in [2.24, 2.45) is 5.41 Å². The topological polar surface area (TPSA) is 32.3 Å². The summed E-state index contributed by atoms with van der Waals surface area (Å²) >= 11 is 5.93. The van der Waals surface area contributed by atoms with Gasteiger partial charge in [-0.3, -0.25) is 0 Å². The van der Waals surface area contributed by atoms with Crippen molar-refractivity contribution in [3.63, 3.8) is 0 Å². The Morgan fingerprint density at radius 1 is 1.17 bits per heavy atom. The van der Waals surface area contributed by atoms with E-state index in [4.69, 9.17) is 11.6 Å². The molecular formula is C15H24ClNO. The van der Waals surface area contributed by atoms with Gasteiger partial charge in [-0.2, -0.15) is 0 Å². The molecule has 1 rings (SSSR count). The number of hydrogen-bond donors (Lipinski definition) is 2. The molecule has 2 N–H and O–H groups in total. The van der Waals surface area contributed by atoms with E-state index in [0.717, 1.165) is 12.0 Å². The molecule has 0 bridgehead atoms. The maximum atomic E-state index is 9.77. The monoisotopic (exact) mass is 269 g/mol. The molecule has 18 heavy (non-hydrogen) atoms. The maximum absolute atomic E-state index is 9.77. The largest absolute Gasteiger partial charge is 0.508 e. The van der Waals surface area contributed by atoms with Gasteiger partial charge in [-0.05, 0) is 43.9 Å². The molecule has 0 unspecified atom stereocenters. The van der Waals surface area contributed by atoms with E-state index < -0.39 is 0 Å². The van der Waals surface area contributed by atoms with Crippen molar-refractivity contribution in [3.05, 3.63) is 28.8 Å². The van der Waals surface area contributed by atoms with Gasteiger partial charge >= 0.3 is 0 Å².